The molecule has 0 bridgehead atoms. The second-order valence-corrected chi connectivity index (χ2v) is 6.01. The van der Waals surface area contributed by atoms with Crippen LogP contribution in [0.25, 0.3) is 0 Å². The Balaban J connectivity index is 1.85. The van der Waals surface area contributed by atoms with Crippen molar-refractivity contribution >= 4 is 10.8 Å². The molecule has 1 aliphatic rings. The van der Waals surface area contributed by atoms with E-state index in [1.807, 2.05) is 24.3 Å². The first-order valence-corrected chi connectivity index (χ1v) is 7.34. The molecule has 1 saturated heterocycles. The molecule has 3 nitrogen and oxygen atoms in total. The highest BCUT2D eigenvalue weighted by Gasteiger charge is 2.16. The molecule has 1 N–H and O–H groups in total. The van der Waals surface area contributed by atoms with Gasteiger partial charge in [-0.2, -0.15) is 5.26 Å². The second kappa shape index (κ2) is 5.95. The first-order chi connectivity index (χ1) is 8.28. The van der Waals surface area contributed by atoms with Crippen LogP contribution in [0.2, 0.25) is 0 Å². The van der Waals surface area contributed by atoms with Crippen molar-refractivity contribution in [1.29, 1.82) is 5.26 Å². The molecule has 1 aromatic carbocycles. The molecule has 0 radical (unpaired) electrons. The summed E-state index contributed by atoms with van der Waals surface area (Å²) in [5.41, 5.74) is 1.84. The zero-order valence-electron chi connectivity index (χ0n) is 9.69. The van der Waals surface area contributed by atoms with Gasteiger partial charge >= 0.3 is 0 Å². The predicted molar refractivity (Wildman–Crippen MR) is 68.9 cm³/mol. The van der Waals surface area contributed by atoms with Gasteiger partial charge in [0, 0.05) is 34.9 Å². The lowest BCUT2D eigenvalue weighted by Crippen LogP contribution is -2.35. The van der Waals surface area contributed by atoms with Crippen molar-refractivity contribution in [2.24, 2.45) is 0 Å². The first kappa shape index (κ1) is 12.3. The minimum Gasteiger partial charge on any atom is -0.310 e. The molecule has 4 heteroatoms. The Labute approximate surface area is 104 Å². The van der Waals surface area contributed by atoms with Crippen LogP contribution >= 0.6 is 0 Å². The first-order valence-electron chi connectivity index (χ1n) is 5.85. The highest BCUT2D eigenvalue weighted by molar-refractivity contribution is 7.85. The van der Waals surface area contributed by atoms with Gasteiger partial charge in [-0.1, -0.05) is 12.1 Å². The summed E-state index contributed by atoms with van der Waals surface area (Å²) in [6, 6.07) is 10.3. The third-order valence-electron chi connectivity index (χ3n) is 3.04. The van der Waals surface area contributed by atoms with Gasteiger partial charge in [0.25, 0.3) is 0 Å². The van der Waals surface area contributed by atoms with Crippen molar-refractivity contribution in [3.05, 3.63) is 35.4 Å². The smallest absolute Gasteiger partial charge is 0.0991 e. The Morgan fingerprint density at radius 1 is 1.41 bits per heavy atom. The van der Waals surface area contributed by atoms with Crippen LogP contribution in [-0.4, -0.2) is 21.8 Å². The lowest BCUT2D eigenvalue weighted by molar-refractivity contribution is 0.475. The maximum atomic E-state index is 11.2. The van der Waals surface area contributed by atoms with E-state index in [4.69, 9.17) is 5.26 Å². The van der Waals surface area contributed by atoms with Crippen LogP contribution in [0, 0.1) is 11.3 Å². The summed E-state index contributed by atoms with van der Waals surface area (Å²) in [5.74, 6) is 1.63. The van der Waals surface area contributed by atoms with Gasteiger partial charge in [-0.15, -0.1) is 0 Å². The van der Waals surface area contributed by atoms with Gasteiger partial charge in [0.2, 0.25) is 0 Å². The van der Waals surface area contributed by atoms with Crippen LogP contribution in [0.3, 0.4) is 0 Å². The van der Waals surface area contributed by atoms with E-state index in [9.17, 15) is 4.21 Å². The predicted octanol–water partition coefficient (Wildman–Crippen LogP) is 1.56. The molecule has 0 spiro atoms. The number of nitriles is 1. The summed E-state index contributed by atoms with van der Waals surface area (Å²) in [6.07, 6.45) is 1.98. The molecule has 0 saturated carbocycles. The van der Waals surface area contributed by atoms with Gasteiger partial charge in [-0.3, -0.25) is 4.21 Å². The van der Waals surface area contributed by atoms with Crippen LogP contribution in [0.5, 0.6) is 0 Å². The van der Waals surface area contributed by atoms with Crippen molar-refractivity contribution in [2.75, 3.05) is 11.5 Å². The van der Waals surface area contributed by atoms with E-state index in [2.05, 4.69) is 11.4 Å². The summed E-state index contributed by atoms with van der Waals surface area (Å²) in [7, 11) is -0.597. The zero-order valence-corrected chi connectivity index (χ0v) is 10.5. The summed E-state index contributed by atoms with van der Waals surface area (Å²) < 4.78 is 11.2. The minimum absolute atomic E-state index is 0.471. The van der Waals surface area contributed by atoms with Crippen LogP contribution in [0.15, 0.2) is 24.3 Å². The van der Waals surface area contributed by atoms with E-state index in [1.54, 1.807) is 0 Å². The molecule has 1 aliphatic heterocycles. The molecule has 0 aromatic heterocycles. The third kappa shape index (κ3) is 3.65. The maximum absolute atomic E-state index is 11.2. The molecule has 0 amide bonds. The SMILES string of the molecule is N#Cc1cccc(CNC2CCS(=O)CC2)c1. The summed E-state index contributed by atoms with van der Waals surface area (Å²) in [6.45, 7) is 0.785. The zero-order chi connectivity index (χ0) is 12.1. The summed E-state index contributed by atoms with van der Waals surface area (Å²) in [4.78, 5) is 0. The fourth-order valence-corrected chi connectivity index (χ4v) is 3.31. The average molecular weight is 248 g/mol. The number of hydrogen-bond donors (Lipinski definition) is 1. The number of rotatable bonds is 3. The van der Waals surface area contributed by atoms with Crippen molar-refractivity contribution < 1.29 is 4.21 Å². The fourth-order valence-electron chi connectivity index (χ4n) is 2.01. The van der Waals surface area contributed by atoms with E-state index in [-0.39, 0.29) is 0 Å². The number of nitrogens with zero attached hydrogens (tertiary/aromatic N) is 1. The fraction of sp³-hybridized carbons (Fsp3) is 0.462. The molecule has 1 heterocycles. The lowest BCUT2D eigenvalue weighted by atomic mass is 10.1. The average Bonchev–Trinajstić information content (AvgIpc) is 2.38. The van der Waals surface area contributed by atoms with Crippen molar-refractivity contribution in [2.45, 2.75) is 25.4 Å². The molecule has 2 rings (SSSR count). The molecule has 17 heavy (non-hydrogen) atoms. The second-order valence-electron chi connectivity index (χ2n) is 4.32. The van der Waals surface area contributed by atoms with E-state index < -0.39 is 10.8 Å². The van der Waals surface area contributed by atoms with Gasteiger partial charge < -0.3 is 5.32 Å². The topological polar surface area (TPSA) is 52.9 Å². The molecular formula is C13H16N2OS. The number of nitrogens with one attached hydrogen (secondary N) is 1. The molecule has 1 fully saturated rings. The Kier molecular flexibility index (Phi) is 4.29. The summed E-state index contributed by atoms with van der Waals surface area (Å²) in [5, 5.41) is 12.3. The van der Waals surface area contributed by atoms with Gasteiger partial charge in [0.05, 0.1) is 11.6 Å². The lowest BCUT2D eigenvalue weighted by Gasteiger charge is -2.22. The van der Waals surface area contributed by atoms with Crippen LogP contribution < -0.4 is 5.32 Å². The van der Waals surface area contributed by atoms with E-state index in [0.29, 0.717) is 11.6 Å². The molecule has 0 unspecified atom stereocenters. The van der Waals surface area contributed by atoms with Gasteiger partial charge in [-0.25, -0.2) is 0 Å². The molecule has 1 aromatic rings. The Bertz CT molecular complexity index is 443. The van der Waals surface area contributed by atoms with E-state index in [0.717, 1.165) is 36.5 Å². The maximum Gasteiger partial charge on any atom is 0.0991 e. The van der Waals surface area contributed by atoms with E-state index >= 15 is 0 Å². The largest absolute Gasteiger partial charge is 0.310 e. The van der Waals surface area contributed by atoms with Gasteiger partial charge in [0.1, 0.15) is 0 Å². The minimum atomic E-state index is -0.597. The summed E-state index contributed by atoms with van der Waals surface area (Å²) >= 11 is 0. The Morgan fingerprint density at radius 2 is 2.18 bits per heavy atom. The highest BCUT2D eigenvalue weighted by atomic mass is 32.2. The van der Waals surface area contributed by atoms with Gasteiger partial charge in [0.15, 0.2) is 0 Å². The van der Waals surface area contributed by atoms with E-state index in [1.165, 1.54) is 0 Å². The normalized spacial score (nSPS) is 24.2. The highest BCUT2D eigenvalue weighted by Crippen LogP contribution is 2.10. The molecule has 0 aliphatic carbocycles. The van der Waals surface area contributed by atoms with Crippen LogP contribution in [-0.2, 0) is 17.3 Å². The number of benzene rings is 1. The Hall–Kier alpha value is -1.18. The molecular weight excluding hydrogens is 232 g/mol. The van der Waals surface area contributed by atoms with Gasteiger partial charge in [-0.05, 0) is 30.5 Å². The molecule has 0 atom stereocenters. The Morgan fingerprint density at radius 3 is 2.88 bits per heavy atom. The number of hydrogen-bond acceptors (Lipinski definition) is 3. The van der Waals surface area contributed by atoms with Crippen LogP contribution in [0.1, 0.15) is 24.0 Å². The van der Waals surface area contributed by atoms with Crippen molar-refractivity contribution in [3.8, 4) is 6.07 Å². The quantitative estimate of drug-likeness (QED) is 0.883. The van der Waals surface area contributed by atoms with Crippen molar-refractivity contribution in [3.63, 3.8) is 0 Å². The van der Waals surface area contributed by atoms with Crippen molar-refractivity contribution in [1.82, 2.24) is 5.32 Å². The third-order valence-corrected chi connectivity index (χ3v) is 4.42. The molecule has 90 valence electrons. The standard InChI is InChI=1S/C13H16N2OS/c14-9-11-2-1-3-12(8-11)10-15-13-4-6-17(16)7-5-13/h1-3,8,13,15H,4-7,10H2. The van der Waals surface area contributed by atoms with Crippen LogP contribution in [0.4, 0.5) is 0 Å². The monoisotopic (exact) mass is 248 g/mol.